The summed E-state index contributed by atoms with van der Waals surface area (Å²) in [6.45, 7) is 7.69. The first-order valence-electron chi connectivity index (χ1n) is 6.79. The van der Waals surface area contributed by atoms with E-state index in [1.54, 1.807) is 11.8 Å². The fourth-order valence-corrected chi connectivity index (χ4v) is 3.21. The molecule has 3 heteroatoms. The number of thioether (sulfide) groups is 1. The van der Waals surface area contributed by atoms with Crippen LogP contribution in [0, 0.1) is 11.7 Å². The van der Waals surface area contributed by atoms with Crippen molar-refractivity contribution in [3.63, 3.8) is 0 Å². The zero-order chi connectivity index (χ0) is 13.4. The molecule has 0 spiro atoms. The van der Waals surface area contributed by atoms with E-state index in [1.807, 2.05) is 12.1 Å². The van der Waals surface area contributed by atoms with E-state index in [-0.39, 0.29) is 5.82 Å². The van der Waals surface area contributed by atoms with Crippen molar-refractivity contribution in [2.75, 3.05) is 12.3 Å². The van der Waals surface area contributed by atoms with Gasteiger partial charge in [-0.25, -0.2) is 4.39 Å². The molecule has 1 aromatic carbocycles. The van der Waals surface area contributed by atoms with Gasteiger partial charge in [0.15, 0.2) is 0 Å². The number of benzene rings is 1. The summed E-state index contributed by atoms with van der Waals surface area (Å²) < 4.78 is 12.8. The monoisotopic (exact) mass is 269 g/mol. The maximum absolute atomic E-state index is 12.8. The first-order chi connectivity index (χ1) is 8.67. The Morgan fingerprint density at radius 3 is 2.44 bits per heavy atom. The molecule has 0 amide bonds. The van der Waals surface area contributed by atoms with Gasteiger partial charge in [-0.05, 0) is 43.1 Å². The molecule has 18 heavy (non-hydrogen) atoms. The third kappa shape index (κ3) is 5.40. The molecular weight excluding hydrogens is 245 g/mol. The summed E-state index contributed by atoms with van der Waals surface area (Å²) >= 11 is 1.80. The summed E-state index contributed by atoms with van der Waals surface area (Å²) in [5, 5.41) is 3.55. The molecule has 0 saturated carbocycles. The van der Waals surface area contributed by atoms with Crippen molar-refractivity contribution >= 4 is 11.8 Å². The van der Waals surface area contributed by atoms with E-state index < -0.39 is 0 Å². The van der Waals surface area contributed by atoms with Gasteiger partial charge in [0, 0.05) is 16.7 Å². The van der Waals surface area contributed by atoms with Crippen molar-refractivity contribution in [2.45, 2.75) is 44.6 Å². The molecule has 0 heterocycles. The predicted octanol–water partition coefficient (Wildman–Crippen LogP) is 4.33. The van der Waals surface area contributed by atoms with Gasteiger partial charge < -0.3 is 5.32 Å². The Morgan fingerprint density at radius 2 is 1.89 bits per heavy atom. The van der Waals surface area contributed by atoms with E-state index in [0.717, 1.165) is 17.2 Å². The Bertz CT molecular complexity index is 326. The Labute approximate surface area is 115 Å². The second-order valence-electron chi connectivity index (χ2n) is 4.70. The molecule has 2 unspecified atom stereocenters. The topological polar surface area (TPSA) is 12.0 Å². The van der Waals surface area contributed by atoms with Gasteiger partial charge in [0.1, 0.15) is 5.82 Å². The molecule has 0 fully saturated rings. The van der Waals surface area contributed by atoms with E-state index in [9.17, 15) is 4.39 Å². The Morgan fingerprint density at radius 1 is 1.22 bits per heavy atom. The number of nitrogens with one attached hydrogen (secondary N) is 1. The van der Waals surface area contributed by atoms with Gasteiger partial charge in [0.25, 0.3) is 0 Å². The average Bonchev–Trinajstić information content (AvgIpc) is 2.36. The molecule has 0 aliphatic rings. The SMILES string of the molecule is CCCC(C)C(CSc1ccc(F)cc1)NCC. The molecule has 0 radical (unpaired) electrons. The maximum atomic E-state index is 12.8. The molecule has 2 atom stereocenters. The van der Waals surface area contributed by atoms with Crippen molar-refractivity contribution in [2.24, 2.45) is 5.92 Å². The molecule has 1 N–H and O–H groups in total. The van der Waals surface area contributed by atoms with Crippen molar-refractivity contribution in [3.8, 4) is 0 Å². The third-order valence-corrected chi connectivity index (χ3v) is 4.27. The number of hydrogen-bond acceptors (Lipinski definition) is 2. The zero-order valence-electron chi connectivity index (χ0n) is 11.6. The Kier molecular flexibility index (Phi) is 7.36. The van der Waals surface area contributed by atoms with Gasteiger partial charge in [-0.1, -0.05) is 27.2 Å². The minimum atomic E-state index is -0.165. The fraction of sp³-hybridized carbons (Fsp3) is 0.600. The summed E-state index contributed by atoms with van der Waals surface area (Å²) in [5.74, 6) is 1.56. The number of halogens is 1. The molecule has 0 aromatic heterocycles. The van der Waals surface area contributed by atoms with Gasteiger partial charge in [-0.3, -0.25) is 0 Å². The van der Waals surface area contributed by atoms with Gasteiger partial charge in [0.2, 0.25) is 0 Å². The Hall–Kier alpha value is -0.540. The van der Waals surface area contributed by atoms with E-state index in [2.05, 4.69) is 26.1 Å². The first-order valence-corrected chi connectivity index (χ1v) is 7.77. The van der Waals surface area contributed by atoms with Crippen LogP contribution in [0.1, 0.15) is 33.6 Å². The van der Waals surface area contributed by atoms with Crippen LogP contribution >= 0.6 is 11.8 Å². The van der Waals surface area contributed by atoms with E-state index >= 15 is 0 Å². The lowest BCUT2D eigenvalue weighted by Gasteiger charge is -2.24. The van der Waals surface area contributed by atoms with Crippen LogP contribution < -0.4 is 5.32 Å². The van der Waals surface area contributed by atoms with Crippen LogP contribution in [0.2, 0.25) is 0 Å². The maximum Gasteiger partial charge on any atom is 0.123 e. The molecule has 1 aromatic rings. The molecule has 0 saturated heterocycles. The van der Waals surface area contributed by atoms with Crippen LogP contribution in [0.5, 0.6) is 0 Å². The smallest absolute Gasteiger partial charge is 0.123 e. The molecular formula is C15H24FNS. The van der Waals surface area contributed by atoms with E-state index in [4.69, 9.17) is 0 Å². The average molecular weight is 269 g/mol. The van der Waals surface area contributed by atoms with Gasteiger partial charge >= 0.3 is 0 Å². The lowest BCUT2D eigenvalue weighted by atomic mass is 9.98. The van der Waals surface area contributed by atoms with Crippen LogP contribution in [0.3, 0.4) is 0 Å². The zero-order valence-corrected chi connectivity index (χ0v) is 12.4. The molecule has 1 rings (SSSR count). The summed E-state index contributed by atoms with van der Waals surface area (Å²) in [6, 6.07) is 7.30. The third-order valence-electron chi connectivity index (χ3n) is 3.14. The highest BCUT2D eigenvalue weighted by Crippen LogP contribution is 2.22. The van der Waals surface area contributed by atoms with Crippen LogP contribution in [-0.2, 0) is 0 Å². The van der Waals surface area contributed by atoms with E-state index in [0.29, 0.717) is 12.0 Å². The molecule has 0 aliphatic heterocycles. The highest BCUT2D eigenvalue weighted by molar-refractivity contribution is 7.99. The van der Waals surface area contributed by atoms with Gasteiger partial charge in [-0.2, -0.15) is 0 Å². The second-order valence-corrected chi connectivity index (χ2v) is 5.79. The number of hydrogen-bond donors (Lipinski definition) is 1. The predicted molar refractivity (Wildman–Crippen MR) is 78.7 cm³/mol. The summed E-state index contributed by atoms with van der Waals surface area (Å²) in [6.07, 6.45) is 2.48. The molecule has 102 valence electrons. The lowest BCUT2D eigenvalue weighted by Crippen LogP contribution is -2.37. The Balaban J connectivity index is 2.48. The van der Waals surface area contributed by atoms with Crippen molar-refractivity contribution in [1.82, 2.24) is 5.32 Å². The highest BCUT2D eigenvalue weighted by atomic mass is 32.2. The normalized spacial score (nSPS) is 14.4. The van der Waals surface area contributed by atoms with Crippen molar-refractivity contribution < 1.29 is 4.39 Å². The van der Waals surface area contributed by atoms with Gasteiger partial charge in [-0.15, -0.1) is 11.8 Å². The minimum absolute atomic E-state index is 0.165. The van der Waals surface area contributed by atoms with Crippen molar-refractivity contribution in [1.29, 1.82) is 0 Å². The second kappa shape index (κ2) is 8.54. The highest BCUT2D eigenvalue weighted by Gasteiger charge is 2.15. The first kappa shape index (κ1) is 15.5. The largest absolute Gasteiger partial charge is 0.313 e. The molecule has 0 aliphatic carbocycles. The van der Waals surface area contributed by atoms with Crippen LogP contribution in [-0.4, -0.2) is 18.3 Å². The van der Waals surface area contributed by atoms with Crippen LogP contribution in [0.15, 0.2) is 29.2 Å². The van der Waals surface area contributed by atoms with Crippen LogP contribution in [0.4, 0.5) is 4.39 Å². The summed E-state index contributed by atoms with van der Waals surface area (Å²) in [4.78, 5) is 1.14. The quantitative estimate of drug-likeness (QED) is 0.705. The van der Waals surface area contributed by atoms with Crippen molar-refractivity contribution in [3.05, 3.63) is 30.1 Å². The lowest BCUT2D eigenvalue weighted by molar-refractivity contribution is 0.388. The number of rotatable bonds is 8. The summed E-state index contributed by atoms with van der Waals surface area (Å²) in [5.41, 5.74) is 0. The van der Waals surface area contributed by atoms with Crippen LogP contribution in [0.25, 0.3) is 0 Å². The summed E-state index contributed by atoms with van der Waals surface area (Å²) in [7, 11) is 0. The minimum Gasteiger partial charge on any atom is -0.313 e. The van der Waals surface area contributed by atoms with Gasteiger partial charge in [0.05, 0.1) is 0 Å². The molecule has 1 nitrogen and oxygen atoms in total. The van der Waals surface area contributed by atoms with E-state index in [1.165, 1.54) is 25.0 Å². The molecule has 0 bridgehead atoms. The standard InChI is InChI=1S/C15H24FNS/c1-4-6-12(3)15(17-5-2)11-18-14-9-7-13(16)8-10-14/h7-10,12,15,17H,4-6,11H2,1-3H3. The fourth-order valence-electron chi connectivity index (χ4n) is 2.06.